The Morgan fingerprint density at radius 3 is 2.48 bits per heavy atom. The molecule has 1 aliphatic heterocycles. The van der Waals surface area contributed by atoms with Crippen molar-refractivity contribution < 1.29 is 47.5 Å². The molecular formula is C18H18F3N3O7. The van der Waals surface area contributed by atoms with Crippen LogP contribution in [0.15, 0.2) is 30.3 Å². The summed E-state index contributed by atoms with van der Waals surface area (Å²) in [5, 5.41) is 36.4. The topological polar surface area (TPSA) is 144 Å². The summed E-state index contributed by atoms with van der Waals surface area (Å²) in [4.78, 5) is 14.2. The summed E-state index contributed by atoms with van der Waals surface area (Å²) >= 11 is 0. The Labute approximate surface area is 173 Å². The second-order valence-electron chi connectivity index (χ2n) is 6.68. The maximum Gasteiger partial charge on any atom is 0.433 e. The van der Waals surface area contributed by atoms with E-state index in [-0.39, 0.29) is 18.2 Å². The van der Waals surface area contributed by atoms with Gasteiger partial charge < -0.3 is 29.5 Å². The van der Waals surface area contributed by atoms with Gasteiger partial charge in [0.15, 0.2) is 11.8 Å². The van der Waals surface area contributed by atoms with Gasteiger partial charge in [0, 0.05) is 12.1 Å². The number of aromatic nitrogens is 3. The third-order valence-electron chi connectivity index (χ3n) is 4.45. The number of carboxylic acid groups (broad SMARTS) is 1. The maximum atomic E-state index is 12.9. The fourth-order valence-corrected chi connectivity index (χ4v) is 2.86. The summed E-state index contributed by atoms with van der Waals surface area (Å²) in [6.07, 6.45) is -10.8. The molecule has 0 spiro atoms. The molecule has 0 aromatic carbocycles. The molecule has 5 atom stereocenters. The van der Waals surface area contributed by atoms with Crippen molar-refractivity contribution in [2.45, 2.75) is 43.6 Å². The standard InChI is InChI=1S/C18H18F3N3O7/c1-8-14(25)15(26)16(31-12-4-2-3-11(22-12)18(19,20)21)10(30-8)7-29-13-6-5-9(17(27)28)23-24-13/h2-6,8,10,14-16,25-26H,7H2,1H3,(H,27,28)/t8-,10-,14+,15+,16+/m1/s1. The molecule has 0 unspecified atom stereocenters. The number of aromatic carboxylic acids is 1. The van der Waals surface area contributed by atoms with Crippen LogP contribution in [0.4, 0.5) is 13.2 Å². The molecule has 31 heavy (non-hydrogen) atoms. The quantitative estimate of drug-likeness (QED) is 0.587. The third-order valence-corrected chi connectivity index (χ3v) is 4.45. The van der Waals surface area contributed by atoms with E-state index in [2.05, 4.69) is 15.2 Å². The zero-order valence-corrected chi connectivity index (χ0v) is 15.9. The van der Waals surface area contributed by atoms with Crippen LogP contribution in [0, 0.1) is 0 Å². The third kappa shape index (κ3) is 5.37. The molecule has 13 heteroatoms. The molecule has 1 fully saturated rings. The number of carboxylic acids is 1. The fraction of sp³-hybridized carbons (Fsp3) is 0.444. The van der Waals surface area contributed by atoms with Gasteiger partial charge in [0.2, 0.25) is 11.8 Å². The summed E-state index contributed by atoms with van der Waals surface area (Å²) < 4.78 is 55.1. The van der Waals surface area contributed by atoms with Gasteiger partial charge in [0.1, 0.15) is 30.6 Å². The number of rotatable bonds is 6. The van der Waals surface area contributed by atoms with E-state index in [1.54, 1.807) is 0 Å². The van der Waals surface area contributed by atoms with Crippen LogP contribution in [0.5, 0.6) is 11.8 Å². The summed E-state index contributed by atoms with van der Waals surface area (Å²) in [5.41, 5.74) is -1.49. The van der Waals surface area contributed by atoms with Crippen molar-refractivity contribution >= 4 is 5.97 Å². The van der Waals surface area contributed by atoms with Crippen LogP contribution in [0.1, 0.15) is 23.1 Å². The highest BCUT2D eigenvalue weighted by Gasteiger charge is 2.45. The minimum absolute atomic E-state index is 0.0576. The van der Waals surface area contributed by atoms with E-state index in [4.69, 9.17) is 19.3 Å². The number of halogens is 3. The highest BCUT2D eigenvalue weighted by atomic mass is 19.4. The van der Waals surface area contributed by atoms with Crippen molar-refractivity contribution in [3.8, 4) is 11.8 Å². The first-order chi connectivity index (χ1) is 14.6. The summed E-state index contributed by atoms with van der Waals surface area (Å²) in [5.74, 6) is -1.76. The summed E-state index contributed by atoms with van der Waals surface area (Å²) in [7, 11) is 0. The van der Waals surface area contributed by atoms with Gasteiger partial charge in [-0.3, -0.25) is 0 Å². The van der Waals surface area contributed by atoms with E-state index in [1.807, 2.05) is 0 Å². The van der Waals surface area contributed by atoms with E-state index in [1.165, 1.54) is 19.1 Å². The molecule has 1 aliphatic rings. The van der Waals surface area contributed by atoms with Gasteiger partial charge in [-0.2, -0.15) is 13.2 Å². The normalized spacial score (nSPS) is 26.3. The van der Waals surface area contributed by atoms with Gasteiger partial charge in [-0.15, -0.1) is 10.2 Å². The van der Waals surface area contributed by atoms with E-state index >= 15 is 0 Å². The van der Waals surface area contributed by atoms with E-state index in [0.29, 0.717) is 0 Å². The first kappa shape index (κ1) is 22.7. The highest BCUT2D eigenvalue weighted by molar-refractivity contribution is 5.84. The number of carbonyl (C=O) groups is 1. The zero-order valence-electron chi connectivity index (χ0n) is 15.9. The Kier molecular flexibility index (Phi) is 6.57. The lowest BCUT2D eigenvalue weighted by atomic mass is 9.96. The van der Waals surface area contributed by atoms with Gasteiger partial charge in [-0.05, 0) is 19.1 Å². The van der Waals surface area contributed by atoms with Crippen LogP contribution in [0.25, 0.3) is 0 Å². The number of nitrogens with zero attached hydrogens (tertiary/aromatic N) is 3. The number of hydrogen-bond donors (Lipinski definition) is 3. The Morgan fingerprint density at radius 1 is 1.13 bits per heavy atom. The van der Waals surface area contributed by atoms with Crippen LogP contribution >= 0.6 is 0 Å². The Morgan fingerprint density at radius 2 is 1.87 bits per heavy atom. The van der Waals surface area contributed by atoms with Crippen molar-refractivity contribution in [1.29, 1.82) is 0 Å². The fourth-order valence-electron chi connectivity index (χ4n) is 2.86. The lowest BCUT2D eigenvalue weighted by Crippen LogP contribution is -2.60. The van der Waals surface area contributed by atoms with Gasteiger partial charge in [0.05, 0.1) is 6.10 Å². The van der Waals surface area contributed by atoms with Gasteiger partial charge in [0.25, 0.3) is 0 Å². The Bertz CT molecular complexity index is 913. The second kappa shape index (κ2) is 8.99. The van der Waals surface area contributed by atoms with Gasteiger partial charge in [-0.1, -0.05) is 6.07 Å². The number of aliphatic hydroxyl groups is 2. The average molecular weight is 445 g/mol. The molecule has 0 saturated carbocycles. The van der Waals surface area contributed by atoms with E-state index in [9.17, 15) is 28.2 Å². The number of ether oxygens (including phenoxy) is 3. The van der Waals surface area contributed by atoms with E-state index in [0.717, 1.165) is 18.2 Å². The number of aliphatic hydroxyl groups excluding tert-OH is 2. The first-order valence-corrected chi connectivity index (χ1v) is 8.98. The second-order valence-corrected chi connectivity index (χ2v) is 6.68. The predicted octanol–water partition coefficient (Wildman–Crippen LogP) is 0.924. The number of alkyl halides is 3. The summed E-state index contributed by atoms with van der Waals surface area (Å²) in [6, 6.07) is 5.43. The molecule has 0 aliphatic carbocycles. The van der Waals surface area contributed by atoms with Crippen molar-refractivity contribution in [3.05, 3.63) is 41.7 Å². The maximum absolute atomic E-state index is 12.9. The predicted molar refractivity (Wildman–Crippen MR) is 94.5 cm³/mol. The minimum atomic E-state index is -4.70. The molecule has 2 aromatic rings. The molecule has 0 amide bonds. The van der Waals surface area contributed by atoms with Crippen LogP contribution in [0.3, 0.4) is 0 Å². The Hall–Kier alpha value is -3.03. The van der Waals surface area contributed by atoms with Crippen molar-refractivity contribution in [2.24, 2.45) is 0 Å². The monoisotopic (exact) mass is 445 g/mol. The minimum Gasteiger partial charge on any atom is -0.476 e. The Balaban J connectivity index is 1.76. The average Bonchev–Trinajstić information content (AvgIpc) is 2.73. The summed E-state index contributed by atoms with van der Waals surface area (Å²) in [6.45, 7) is 1.19. The zero-order chi connectivity index (χ0) is 22.8. The molecule has 3 N–H and O–H groups in total. The van der Waals surface area contributed by atoms with Crippen LogP contribution in [0.2, 0.25) is 0 Å². The van der Waals surface area contributed by atoms with Crippen LogP contribution in [-0.4, -0.2) is 73.6 Å². The molecule has 168 valence electrons. The SMILES string of the molecule is C[C@H]1O[C@H](COc2ccc(C(=O)O)nn2)[C@H](Oc2cccc(C(F)(F)F)n2)[C@@H](O)[C@H]1O. The largest absolute Gasteiger partial charge is 0.476 e. The van der Waals surface area contributed by atoms with Crippen molar-refractivity contribution in [1.82, 2.24) is 15.2 Å². The van der Waals surface area contributed by atoms with E-state index < -0.39 is 54.2 Å². The van der Waals surface area contributed by atoms with Crippen molar-refractivity contribution in [3.63, 3.8) is 0 Å². The number of hydrogen-bond acceptors (Lipinski definition) is 9. The molecule has 3 heterocycles. The molecule has 10 nitrogen and oxygen atoms in total. The van der Waals surface area contributed by atoms with Crippen LogP contribution < -0.4 is 9.47 Å². The first-order valence-electron chi connectivity index (χ1n) is 8.98. The van der Waals surface area contributed by atoms with Gasteiger partial charge in [-0.25, -0.2) is 9.78 Å². The molecule has 3 rings (SSSR count). The molecule has 2 aromatic heterocycles. The molecule has 0 bridgehead atoms. The van der Waals surface area contributed by atoms with Crippen LogP contribution in [-0.2, 0) is 10.9 Å². The molecule has 1 saturated heterocycles. The smallest absolute Gasteiger partial charge is 0.433 e. The van der Waals surface area contributed by atoms with Gasteiger partial charge >= 0.3 is 12.1 Å². The lowest BCUT2D eigenvalue weighted by Gasteiger charge is -2.41. The molecular weight excluding hydrogens is 427 g/mol. The lowest BCUT2D eigenvalue weighted by molar-refractivity contribution is -0.216. The molecule has 0 radical (unpaired) electrons. The number of pyridine rings is 1. The van der Waals surface area contributed by atoms with Crippen molar-refractivity contribution in [2.75, 3.05) is 6.61 Å². The highest BCUT2D eigenvalue weighted by Crippen LogP contribution is 2.30.